The van der Waals surface area contributed by atoms with Crippen molar-refractivity contribution in [1.29, 1.82) is 0 Å². The predicted molar refractivity (Wildman–Crippen MR) is 57.1 cm³/mol. The molecule has 0 aromatic carbocycles. The standard InChI is InChI=1S/C9H8BrN3O2/c1-4-7(10)13-3-6(9(14)15)11-5(2)8(13)12-4/h3H,1-2H3,(H,14,15). The van der Waals surface area contributed by atoms with E-state index in [2.05, 4.69) is 25.9 Å². The van der Waals surface area contributed by atoms with E-state index in [1.807, 2.05) is 6.92 Å². The van der Waals surface area contributed by atoms with Gasteiger partial charge in [-0.05, 0) is 29.8 Å². The number of carboxylic acid groups (broad SMARTS) is 1. The number of halogens is 1. The fourth-order valence-electron chi connectivity index (χ4n) is 1.38. The fourth-order valence-corrected chi connectivity index (χ4v) is 1.74. The van der Waals surface area contributed by atoms with Crippen LogP contribution in [0.5, 0.6) is 0 Å². The molecule has 1 N–H and O–H groups in total. The molecular weight excluding hydrogens is 262 g/mol. The topological polar surface area (TPSA) is 67.5 Å². The SMILES string of the molecule is Cc1nc2c(C)nc(C(=O)O)cn2c1Br. The summed E-state index contributed by atoms with van der Waals surface area (Å²) in [5.41, 5.74) is 2.09. The molecule has 0 radical (unpaired) electrons. The second kappa shape index (κ2) is 3.30. The third-order valence-electron chi connectivity index (χ3n) is 2.09. The largest absolute Gasteiger partial charge is 0.476 e. The Morgan fingerprint density at radius 2 is 2.07 bits per heavy atom. The highest BCUT2D eigenvalue weighted by atomic mass is 79.9. The van der Waals surface area contributed by atoms with Gasteiger partial charge in [0.1, 0.15) is 4.60 Å². The molecule has 0 saturated carbocycles. The van der Waals surface area contributed by atoms with Crippen LogP contribution in [-0.4, -0.2) is 25.4 Å². The Kier molecular flexibility index (Phi) is 2.22. The van der Waals surface area contributed by atoms with Gasteiger partial charge in [0.25, 0.3) is 0 Å². The number of fused-ring (bicyclic) bond motifs is 1. The van der Waals surface area contributed by atoms with Gasteiger partial charge in [0.05, 0.1) is 11.4 Å². The van der Waals surface area contributed by atoms with Gasteiger partial charge in [-0.2, -0.15) is 0 Å². The van der Waals surface area contributed by atoms with Crippen molar-refractivity contribution in [3.05, 3.63) is 27.9 Å². The molecule has 0 saturated heterocycles. The van der Waals surface area contributed by atoms with Crippen LogP contribution in [0.25, 0.3) is 5.65 Å². The predicted octanol–water partition coefficient (Wildman–Crippen LogP) is 1.81. The highest BCUT2D eigenvalue weighted by Crippen LogP contribution is 2.19. The van der Waals surface area contributed by atoms with Gasteiger partial charge in [-0.3, -0.25) is 4.40 Å². The molecule has 0 unspecified atom stereocenters. The van der Waals surface area contributed by atoms with Crippen LogP contribution in [0.4, 0.5) is 0 Å². The summed E-state index contributed by atoms with van der Waals surface area (Å²) in [7, 11) is 0. The van der Waals surface area contributed by atoms with Gasteiger partial charge in [0.2, 0.25) is 0 Å². The molecule has 2 aromatic heterocycles. The lowest BCUT2D eigenvalue weighted by Gasteiger charge is -2.00. The molecule has 0 fully saturated rings. The number of imidazole rings is 1. The van der Waals surface area contributed by atoms with Crippen LogP contribution in [-0.2, 0) is 0 Å². The van der Waals surface area contributed by atoms with Crippen LogP contribution in [0.3, 0.4) is 0 Å². The average molecular weight is 270 g/mol. The lowest BCUT2D eigenvalue weighted by Crippen LogP contribution is -2.05. The van der Waals surface area contributed by atoms with E-state index in [9.17, 15) is 4.79 Å². The minimum Gasteiger partial charge on any atom is -0.476 e. The van der Waals surface area contributed by atoms with E-state index in [4.69, 9.17) is 5.11 Å². The number of carboxylic acids is 1. The number of nitrogens with zero attached hydrogens (tertiary/aromatic N) is 3. The Hall–Kier alpha value is -1.43. The normalized spacial score (nSPS) is 10.9. The monoisotopic (exact) mass is 269 g/mol. The zero-order valence-electron chi connectivity index (χ0n) is 8.15. The Morgan fingerprint density at radius 1 is 1.40 bits per heavy atom. The van der Waals surface area contributed by atoms with Gasteiger partial charge in [0, 0.05) is 6.20 Å². The molecule has 2 rings (SSSR count). The van der Waals surface area contributed by atoms with Crippen molar-refractivity contribution in [2.75, 3.05) is 0 Å². The van der Waals surface area contributed by atoms with Gasteiger partial charge >= 0.3 is 5.97 Å². The third-order valence-corrected chi connectivity index (χ3v) is 3.05. The lowest BCUT2D eigenvalue weighted by molar-refractivity contribution is 0.0689. The Bertz CT molecular complexity index is 562. The number of aryl methyl sites for hydroxylation is 2. The number of hydrogen-bond donors (Lipinski definition) is 1. The van der Waals surface area contributed by atoms with Gasteiger partial charge in [-0.25, -0.2) is 14.8 Å². The second-order valence-corrected chi connectivity index (χ2v) is 3.95. The van der Waals surface area contributed by atoms with Crippen molar-refractivity contribution < 1.29 is 9.90 Å². The summed E-state index contributed by atoms with van der Waals surface area (Å²) in [6, 6.07) is 0. The average Bonchev–Trinajstić information content (AvgIpc) is 2.45. The minimum atomic E-state index is -1.04. The van der Waals surface area contributed by atoms with Crippen molar-refractivity contribution >= 4 is 27.5 Å². The molecule has 0 aliphatic carbocycles. The maximum absolute atomic E-state index is 10.8. The molecule has 0 bridgehead atoms. The molecule has 0 aliphatic heterocycles. The summed E-state index contributed by atoms with van der Waals surface area (Å²) in [4.78, 5) is 19.0. The van der Waals surface area contributed by atoms with Gasteiger partial charge < -0.3 is 5.11 Å². The van der Waals surface area contributed by atoms with E-state index < -0.39 is 5.97 Å². The number of aromatic carboxylic acids is 1. The van der Waals surface area contributed by atoms with Crippen LogP contribution in [0.1, 0.15) is 21.9 Å². The molecule has 2 heterocycles. The van der Waals surface area contributed by atoms with Crippen molar-refractivity contribution in [2.24, 2.45) is 0 Å². The van der Waals surface area contributed by atoms with Crippen LogP contribution >= 0.6 is 15.9 Å². The molecule has 2 aromatic rings. The van der Waals surface area contributed by atoms with Gasteiger partial charge in [-0.1, -0.05) is 0 Å². The van der Waals surface area contributed by atoms with E-state index in [0.29, 0.717) is 11.3 Å². The zero-order valence-corrected chi connectivity index (χ0v) is 9.74. The van der Waals surface area contributed by atoms with Crippen LogP contribution < -0.4 is 0 Å². The molecule has 5 nitrogen and oxygen atoms in total. The van der Waals surface area contributed by atoms with Crippen LogP contribution in [0.15, 0.2) is 10.8 Å². The van der Waals surface area contributed by atoms with Gasteiger partial charge in [-0.15, -0.1) is 0 Å². The smallest absolute Gasteiger partial charge is 0.356 e. The molecular formula is C9H8BrN3O2. The summed E-state index contributed by atoms with van der Waals surface area (Å²) < 4.78 is 2.44. The van der Waals surface area contributed by atoms with Crippen molar-refractivity contribution in [3.8, 4) is 0 Å². The van der Waals surface area contributed by atoms with E-state index in [-0.39, 0.29) is 5.69 Å². The minimum absolute atomic E-state index is 0.0121. The van der Waals surface area contributed by atoms with E-state index >= 15 is 0 Å². The summed E-state index contributed by atoms with van der Waals surface area (Å²) in [6.45, 7) is 3.58. The van der Waals surface area contributed by atoms with Crippen molar-refractivity contribution in [3.63, 3.8) is 0 Å². The van der Waals surface area contributed by atoms with Crippen LogP contribution in [0.2, 0.25) is 0 Å². The first kappa shape index (κ1) is 10.1. The number of carbonyl (C=O) groups is 1. The molecule has 78 valence electrons. The molecule has 0 spiro atoms. The summed E-state index contributed by atoms with van der Waals surface area (Å²) >= 11 is 3.35. The molecule has 0 amide bonds. The molecule has 6 heteroatoms. The number of hydrogen-bond acceptors (Lipinski definition) is 3. The van der Waals surface area contributed by atoms with Crippen LogP contribution in [0, 0.1) is 13.8 Å². The first-order valence-electron chi connectivity index (χ1n) is 4.26. The first-order valence-corrected chi connectivity index (χ1v) is 5.05. The van der Waals surface area contributed by atoms with Gasteiger partial charge in [0.15, 0.2) is 11.3 Å². The number of rotatable bonds is 1. The van der Waals surface area contributed by atoms with Crippen molar-refractivity contribution in [1.82, 2.24) is 14.4 Å². The lowest BCUT2D eigenvalue weighted by atomic mass is 10.4. The number of aromatic nitrogens is 3. The highest BCUT2D eigenvalue weighted by molar-refractivity contribution is 9.10. The molecule has 0 aliphatic rings. The summed E-state index contributed by atoms with van der Waals surface area (Å²) in [5.74, 6) is -1.04. The zero-order chi connectivity index (χ0) is 11.2. The first-order chi connectivity index (χ1) is 7.00. The Labute approximate surface area is 93.9 Å². The second-order valence-electron chi connectivity index (χ2n) is 3.20. The maximum atomic E-state index is 10.8. The Balaban J connectivity index is 2.85. The van der Waals surface area contributed by atoms with E-state index in [1.165, 1.54) is 6.20 Å². The van der Waals surface area contributed by atoms with E-state index in [0.717, 1.165) is 10.3 Å². The highest BCUT2D eigenvalue weighted by Gasteiger charge is 2.13. The summed E-state index contributed by atoms with van der Waals surface area (Å²) in [5, 5.41) is 8.85. The summed E-state index contributed by atoms with van der Waals surface area (Å²) in [6.07, 6.45) is 1.45. The Morgan fingerprint density at radius 3 is 2.67 bits per heavy atom. The molecule has 0 atom stereocenters. The van der Waals surface area contributed by atoms with Crippen molar-refractivity contribution in [2.45, 2.75) is 13.8 Å². The third kappa shape index (κ3) is 1.50. The van der Waals surface area contributed by atoms with E-state index in [1.54, 1.807) is 11.3 Å². The maximum Gasteiger partial charge on any atom is 0.356 e. The quantitative estimate of drug-likeness (QED) is 0.858. The molecule has 15 heavy (non-hydrogen) atoms. The fraction of sp³-hybridized carbons (Fsp3) is 0.222.